The average molecular weight is 345 g/mol. The van der Waals surface area contributed by atoms with Crippen LogP contribution in [0.5, 0.6) is 0 Å². The van der Waals surface area contributed by atoms with Gasteiger partial charge >= 0.3 is 0 Å². The van der Waals surface area contributed by atoms with Crippen LogP contribution in [0.1, 0.15) is 24.0 Å². The summed E-state index contributed by atoms with van der Waals surface area (Å²) < 4.78 is 0. The summed E-state index contributed by atoms with van der Waals surface area (Å²) >= 11 is 1.51. The van der Waals surface area contributed by atoms with Gasteiger partial charge in [-0.15, -0.1) is 0 Å². The van der Waals surface area contributed by atoms with E-state index in [0.717, 1.165) is 16.8 Å². The molecule has 1 aromatic carbocycles. The van der Waals surface area contributed by atoms with Crippen molar-refractivity contribution in [3.05, 3.63) is 58.3 Å². The number of hydrogen-bond acceptors (Lipinski definition) is 5. The number of benzene rings is 1. The molecule has 0 radical (unpaired) electrons. The van der Waals surface area contributed by atoms with Gasteiger partial charge in [-0.1, -0.05) is 30.4 Å². The molecule has 0 N–H and O–H groups in total. The topological polar surface area (TPSA) is 67.9 Å². The van der Waals surface area contributed by atoms with Crippen LogP contribution in [0.3, 0.4) is 0 Å². The maximum Gasteiger partial charge on any atom is 0.176 e. The fourth-order valence-electron chi connectivity index (χ4n) is 4.21. The van der Waals surface area contributed by atoms with E-state index in [1.165, 1.54) is 11.3 Å². The summed E-state index contributed by atoms with van der Waals surface area (Å²) in [7, 11) is 0. The molecule has 4 rings (SSSR count). The molecule has 2 aromatic rings. The lowest BCUT2D eigenvalue weighted by atomic mass is 9.70. The monoisotopic (exact) mass is 345 g/mol. The Labute approximate surface area is 150 Å². The fourth-order valence-corrected chi connectivity index (χ4v) is 4.91. The molecule has 0 unspecified atom stereocenters. The molecule has 2 aliphatic heterocycles. The van der Waals surface area contributed by atoms with Crippen molar-refractivity contribution < 1.29 is 4.79 Å². The lowest BCUT2D eigenvalue weighted by Gasteiger charge is -2.35. The van der Waals surface area contributed by atoms with Crippen molar-refractivity contribution in [2.24, 2.45) is 5.41 Å². The van der Waals surface area contributed by atoms with E-state index in [1.807, 2.05) is 58.1 Å². The number of anilines is 1. The number of para-hydroxylation sites is 1. The molecular formula is C20H15N3OS. The molecule has 1 aromatic heterocycles. The van der Waals surface area contributed by atoms with Gasteiger partial charge in [-0.3, -0.25) is 4.79 Å². The molecule has 122 valence electrons. The maximum absolute atomic E-state index is 12.7. The molecule has 1 fully saturated rings. The van der Waals surface area contributed by atoms with Gasteiger partial charge in [-0.25, -0.2) is 0 Å². The zero-order valence-electron chi connectivity index (χ0n) is 13.6. The molecule has 3 atom stereocenters. The van der Waals surface area contributed by atoms with Gasteiger partial charge in [0, 0.05) is 11.6 Å². The van der Waals surface area contributed by atoms with Gasteiger partial charge in [0.05, 0.1) is 24.2 Å². The SMILES string of the molecule is CC(=O)[C@@H]1[C@@H](c2ccsc2)C(C#N)(C#N)[C@@H]2C=Cc3ccccc3N12. The Morgan fingerprint density at radius 3 is 2.64 bits per heavy atom. The van der Waals surface area contributed by atoms with E-state index in [9.17, 15) is 15.3 Å². The zero-order valence-corrected chi connectivity index (χ0v) is 14.4. The minimum Gasteiger partial charge on any atom is -0.351 e. The number of thiophene rings is 1. The number of carbonyl (C=O) groups is 1. The van der Waals surface area contributed by atoms with Gasteiger partial charge in [0.15, 0.2) is 11.2 Å². The van der Waals surface area contributed by atoms with Gasteiger partial charge in [0.25, 0.3) is 0 Å². The summed E-state index contributed by atoms with van der Waals surface area (Å²) in [5, 5.41) is 23.9. The Morgan fingerprint density at radius 1 is 1.24 bits per heavy atom. The maximum atomic E-state index is 12.7. The van der Waals surface area contributed by atoms with Crippen molar-refractivity contribution in [1.82, 2.24) is 0 Å². The number of nitriles is 2. The van der Waals surface area contributed by atoms with E-state index >= 15 is 0 Å². The number of hydrogen-bond donors (Lipinski definition) is 0. The number of ketones is 1. The van der Waals surface area contributed by atoms with Crippen LogP contribution in [0.15, 0.2) is 47.2 Å². The summed E-state index contributed by atoms with van der Waals surface area (Å²) in [6.45, 7) is 1.55. The molecule has 1 saturated heterocycles. The Bertz CT molecular complexity index is 934. The zero-order chi connectivity index (χ0) is 17.6. The highest BCUT2D eigenvalue weighted by atomic mass is 32.1. The number of fused-ring (bicyclic) bond motifs is 3. The van der Waals surface area contributed by atoms with E-state index in [1.54, 1.807) is 6.92 Å². The van der Waals surface area contributed by atoms with Gasteiger partial charge in [-0.05, 0) is 40.9 Å². The van der Waals surface area contributed by atoms with Crippen molar-refractivity contribution in [2.45, 2.75) is 24.9 Å². The molecule has 2 aliphatic rings. The van der Waals surface area contributed by atoms with Crippen molar-refractivity contribution in [1.29, 1.82) is 10.5 Å². The number of carbonyl (C=O) groups excluding carboxylic acids is 1. The second-order valence-corrected chi connectivity index (χ2v) is 7.23. The molecule has 5 heteroatoms. The van der Waals surface area contributed by atoms with Crippen LogP contribution in [0.4, 0.5) is 5.69 Å². The quantitative estimate of drug-likeness (QED) is 0.831. The fraction of sp³-hybridized carbons (Fsp3) is 0.250. The second-order valence-electron chi connectivity index (χ2n) is 6.45. The van der Waals surface area contributed by atoms with Crippen molar-refractivity contribution in [3.63, 3.8) is 0 Å². The first-order valence-corrected chi connectivity index (χ1v) is 8.99. The molecule has 0 amide bonds. The Morgan fingerprint density at radius 2 is 2.00 bits per heavy atom. The third-order valence-corrected chi connectivity index (χ3v) is 5.94. The smallest absolute Gasteiger partial charge is 0.176 e. The Hall–Kier alpha value is -2.89. The highest BCUT2D eigenvalue weighted by Gasteiger charge is 2.62. The van der Waals surface area contributed by atoms with Crippen LogP contribution >= 0.6 is 11.3 Å². The van der Waals surface area contributed by atoms with Crippen LogP contribution in [0.25, 0.3) is 6.08 Å². The van der Waals surface area contributed by atoms with E-state index in [-0.39, 0.29) is 5.78 Å². The minimum atomic E-state index is -1.30. The third kappa shape index (κ3) is 2.00. The van der Waals surface area contributed by atoms with E-state index in [4.69, 9.17) is 0 Å². The number of Topliss-reactive ketones (excluding diaryl/α,β-unsaturated/α-hetero) is 1. The van der Waals surface area contributed by atoms with Gasteiger partial charge < -0.3 is 4.90 Å². The van der Waals surface area contributed by atoms with Crippen LogP contribution in [-0.2, 0) is 4.79 Å². The summed E-state index contributed by atoms with van der Waals surface area (Å²) in [6, 6.07) is 13.3. The summed E-state index contributed by atoms with van der Waals surface area (Å²) in [4.78, 5) is 14.6. The highest BCUT2D eigenvalue weighted by molar-refractivity contribution is 7.08. The molecule has 0 saturated carbocycles. The van der Waals surface area contributed by atoms with E-state index in [0.29, 0.717) is 0 Å². The van der Waals surface area contributed by atoms with Gasteiger partial charge in [0.1, 0.15) is 0 Å². The highest BCUT2D eigenvalue weighted by Crippen LogP contribution is 2.55. The Balaban J connectivity index is 2.01. The first-order valence-electron chi connectivity index (χ1n) is 8.04. The van der Waals surface area contributed by atoms with E-state index < -0.39 is 23.4 Å². The predicted molar refractivity (Wildman–Crippen MR) is 96.9 cm³/mol. The molecule has 0 aliphatic carbocycles. The molecular weight excluding hydrogens is 330 g/mol. The minimum absolute atomic E-state index is 0.0290. The molecule has 25 heavy (non-hydrogen) atoms. The lowest BCUT2D eigenvalue weighted by Crippen LogP contribution is -2.43. The third-order valence-electron chi connectivity index (χ3n) is 5.23. The average Bonchev–Trinajstić information content (AvgIpc) is 3.25. The summed E-state index contributed by atoms with van der Waals surface area (Å²) in [6.07, 6.45) is 3.85. The van der Waals surface area contributed by atoms with Crippen LogP contribution < -0.4 is 4.90 Å². The predicted octanol–water partition coefficient (Wildman–Crippen LogP) is 3.74. The molecule has 4 nitrogen and oxygen atoms in total. The van der Waals surface area contributed by atoms with Crippen molar-refractivity contribution >= 4 is 28.9 Å². The summed E-state index contributed by atoms with van der Waals surface area (Å²) in [5.41, 5.74) is 1.48. The van der Waals surface area contributed by atoms with Crippen molar-refractivity contribution in [3.8, 4) is 12.1 Å². The van der Waals surface area contributed by atoms with Crippen LogP contribution in [0, 0.1) is 28.1 Å². The van der Waals surface area contributed by atoms with Gasteiger partial charge in [0.2, 0.25) is 0 Å². The lowest BCUT2D eigenvalue weighted by molar-refractivity contribution is -0.118. The Kier molecular flexibility index (Phi) is 3.49. The summed E-state index contributed by atoms with van der Waals surface area (Å²) in [5.74, 6) is -0.509. The second kappa shape index (κ2) is 5.58. The van der Waals surface area contributed by atoms with Crippen LogP contribution in [0.2, 0.25) is 0 Å². The van der Waals surface area contributed by atoms with E-state index in [2.05, 4.69) is 12.1 Å². The van der Waals surface area contributed by atoms with Crippen molar-refractivity contribution in [2.75, 3.05) is 4.90 Å². The first kappa shape index (κ1) is 15.6. The molecule has 3 heterocycles. The molecule has 0 spiro atoms. The largest absolute Gasteiger partial charge is 0.351 e. The standard InChI is InChI=1S/C20H15N3OS/c1-13(24)19-18(15-8-9-25-10-15)20(11-21,12-22)17-7-6-14-4-2-3-5-16(14)23(17)19/h2-10,17-19H,1H3/t17-,18+,19+/m0/s1. The van der Waals surface area contributed by atoms with Gasteiger partial charge in [-0.2, -0.15) is 21.9 Å². The first-order chi connectivity index (χ1) is 12.1. The normalized spacial score (nSPS) is 25.6. The molecule has 0 bridgehead atoms. The van der Waals surface area contributed by atoms with Crippen LogP contribution in [-0.4, -0.2) is 17.9 Å². The number of rotatable bonds is 2. The number of nitrogens with zero attached hydrogens (tertiary/aromatic N) is 3.